The molecule has 0 saturated carbocycles. The summed E-state index contributed by atoms with van der Waals surface area (Å²) in [6.07, 6.45) is 4.60. The lowest BCUT2D eigenvalue weighted by molar-refractivity contribution is 0.816. The molecule has 0 spiro atoms. The molecule has 1 atom stereocenters. The third kappa shape index (κ3) is 3.71. The number of nitrogens with two attached hydrogens (primary N) is 1. The minimum Gasteiger partial charge on any atom is -0.373 e. The zero-order chi connectivity index (χ0) is 14.5. The van der Waals surface area contributed by atoms with Crippen LogP contribution >= 0.6 is 11.6 Å². The number of aromatic nitrogens is 1. The van der Waals surface area contributed by atoms with E-state index in [1.54, 1.807) is 0 Å². The molecule has 2 aromatic rings. The van der Waals surface area contributed by atoms with Gasteiger partial charge in [0.05, 0.1) is 10.7 Å². The highest BCUT2D eigenvalue weighted by Crippen LogP contribution is 2.27. The molecule has 0 bridgehead atoms. The summed E-state index contributed by atoms with van der Waals surface area (Å²) in [7, 11) is 2.05. The van der Waals surface area contributed by atoms with Gasteiger partial charge >= 0.3 is 0 Å². The van der Waals surface area contributed by atoms with Crippen molar-refractivity contribution >= 4 is 17.3 Å². The van der Waals surface area contributed by atoms with Crippen LogP contribution < -0.4 is 10.6 Å². The van der Waals surface area contributed by atoms with Crippen molar-refractivity contribution in [3.05, 3.63) is 58.9 Å². The van der Waals surface area contributed by atoms with Crippen molar-refractivity contribution in [2.45, 2.75) is 19.4 Å². The van der Waals surface area contributed by atoms with Crippen LogP contribution in [0.4, 0.5) is 5.69 Å². The average Bonchev–Trinajstić information content (AvgIpc) is 2.45. The largest absolute Gasteiger partial charge is 0.373 e. The predicted octanol–water partition coefficient (Wildman–Crippen LogP) is 3.43. The van der Waals surface area contributed by atoms with Gasteiger partial charge in [0.25, 0.3) is 0 Å². The Morgan fingerprint density at radius 2 is 1.95 bits per heavy atom. The molecule has 0 aliphatic heterocycles. The number of pyridine rings is 1. The van der Waals surface area contributed by atoms with Gasteiger partial charge in [0.2, 0.25) is 0 Å². The standard InChI is InChI=1S/C16H20ClN3/c1-12(18)14-3-4-16(15(17)11-14)20(2)10-7-13-5-8-19-9-6-13/h3-6,8-9,11-12H,7,10,18H2,1-2H3. The Balaban J connectivity index is 2.04. The van der Waals surface area contributed by atoms with Gasteiger partial charge in [0.1, 0.15) is 0 Å². The quantitative estimate of drug-likeness (QED) is 0.917. The van der Waals surface area contributed by atoms with Crippen molar-refractivity contribution in [2.24, 2.45) is 5.73 Å². The third-order valence-electron chi connectivity index (χ3n) is 3.39. The molecule has 0 amide bonds. The van der Waals surface area contributed by atoms with Crippen LogP contribution in [0, 0.1) is 0 Å². The summed E-state index contributed by atoms with van der Waals surface area (Å²) in [5, 5.41) is 0.747. The number of anilines is 1. The normalized spacial score (nSPS) is 12.2. The van der Waals surface area contributed by atoms with Crippen molar-refractivity contribution in [3.8, 4) is 0 Å². The first-order valence-electron chi connectivity index (χ1n) is 6.73. The maximum absolute atomic E-state index is 6.34. The number of benzene rings is 1. The van der Waals surface area contributed by atoms with Crippen LogP contribution in [-0.2, 0) is 6.42 Å². The molecular weight excluding hydrogens is 270 g/mol. The van der Waals surface area contributed by atoms with Gasteiger partial charge in [0, 0.05) is 32.0 Å². The first kappa shape index (κ1) is 14.8. The van der Waals surface area contributed by atoms with Crippen molar-refractivity contribution in [1.82, 2.24) is 4.98 Å². The molecule has 20 heavy (non-hydrogen) atoms. The molecule has 4 heteroatoms. The minimum absolute atomic E-state index is 0.00340. The molecule has 1 unspecified atom stereocenters. The van der Waals surface area contributed by atoms with Crippen LogP contribution in [0.5, 0.6) is 0 Å². The summed E-state index contributed by atoms with van der Waals surface area (Å²) in [5.41, 5.74) is 9.23. The zero-order valence-electron chi connectivity index (χ0n) is 11.9. The van der Waals surface area contributed by atoms with E-state index in [0.717, 1.165) is 29.2 Å². The average molecular weight is 290 g/mol. The molecule has 0 aliphatic rings. The maximum atomic E-state index is 6.34. The molecular formula is C16H20ClN3. The maximum Gasteiger partial charge on any atom is 0.0642 e. The van der Waals surface area contributed by atoms with E-state index in [0.29, 0.717) is 0 Å². The van der Waals surface area contributed by atoms with E-state index in [1.165, 1.54) is 5.56 Å². The van der Waals surface area contributed by atoms with Gasteiger partial charge in [-0.1, -0.05) is 17.7 Å². The lowest BCUT2D eigenvalue weighted by Crippen LogP contribution is -2.20. The van der Waals surface area contributed by atoms with Crippen LogP contribution in [-0.4, -0.2) is 18.6 Å². The fraction of sp³-hybridized carbons (Fsp3) is 0.312. The highest BCUT2D eigenvalue weighted by Gasteiger charge is 2.08. The lowest BCUT2D eigenvalue weighted by Gasteiger charge is -2.21. The Bertz CT molecular complexity index is 555. The zero-order valence-corrected chi connectivity index (χ0v) is 12.6. The summed E-state index contributed by atoms with van der Waals surface area (Å²) in [5.74, 6) is 0. The highest BCUT2D eigenvalue weighted by atomic mass is 35.5. The van der Waals surface area contributed by atoms with E-state index in [4.69, 9.17) is 17.3 Å². The molecule has 0 saturated heterocycles. The van der Waals surface area contributed by atoms with E-state index in [9.17, 15) is 0 Å². The second-order valence-electron chi connectivity index (χ2n) is 5.03. The predicted molar refractivity (Wildman–Crippen MR) is 85.3 cm³/mol. The monoisotopic (exact) mass is 289 g/mol. The molecule has 2 N–H and O–H groups in total. The molecule has 0 fully saturated rings. The SMILES string of the molecule is CC(N)c1ccc(N(C)CCc2ccncc2)c(Cl)c1. The van der Waals surface area contributed by atoms with E-state index >= 15 is 0 Å². The van der Waals surface area contributed by atoms with E-state index in [1.807, 2.05) is 56.7 Å². The molecule has 3 nitrogen and oxygen atoms in total. The van der Waals surface area contributed by atoms with E-state index < -0.39 is 0 Å². The second kappa shape index (κ2) is 6.73. The molecule has 1 aromatic heterocycles. The Hall–Kier alpha value is -1.58. The molecule has 0 radical (unpaired) electrons. The molecule has 0 aliphatic carbocycles. The third-order valence-corrected chi connectivity index (χ3v) is 3.70. The van der Waals surface area contributed by atoms with Crippen molar-refractivity contribution in [3.63, 3.8) is 0 Å². The van der Waals surface area contributed by atoms with Gasteiger partial charge in [-0.3, -0.25) is 4.98 Å². The first-order valence-corrected chi connectivity index (χ1v) is 7.11. The van der Waals surface area contributed by atoms with Crippen molar-refractivity contribution in [1.29, 1.82) is 0 Å². The van der Waals surface area contributed by atoms with Crippen LogP contribution in [0.25, 0.3) is 0 Å². The van der Waals surface area contributed by atoms with Crippen molar-refractivity contribution in [2.75, 3.05) is 18.5 Å². The van der Waals surface area contributed by atoms with Gasteiger partial charge in [0.15, 0.2) is 0 Å². The topological polar surface area (TPSA) is 42.1 Å². The fourth-order valence-corrected chi connectivity index (χ4v) is 2.42. The van der Waals surface area contributed by atoms with Crippen LogP contribution in [0.2, 0.25) is 5.02 Å². The number of hydrogen-bond acceptors (Lipinski definition) is 3. The summed E-state index contributed by atoms with van der Waals surface area (Å²) >= 11 is 6.34. The van der Waals surface area contributed by atoms with E-state index in [2.05, 4.69) is 9.88 Å². The Morgan fingerprint density at radius 1 is 1.25 bits per heavy atom. The van der Waals surface area contributed by atoms with Gasteiger partial charge in [-0.05, 0) is 48.7 Å². The summed E-state index contributed by atoms with van der Waals surface area (Å²) < 4.78 is 0. The van der Waals surface area contributed by atoms with Gasteiger partial charge in [-0.25, -0.2) is 0 Å². The summed E-state index contributed by atoms with van der Waals surface area (Å²) in [4.78, 5) is 6.18. The number of halogens is 1. The second-order valence-corrected chi connectivity index (χ2v) is 5.43. The molecule has 1 heterocycles. The van der Waals surface area contributed by atoms with E-state index in [-0.39, 0.29) is 6.04 Å². The molecule has 2 rings (SSSR count). The summed E-state index contributed by atoms with van der Waals surface area (Å²) in [6, 6.07) is 10.1. The van der Waals surface area contributed by atoms with Gasteiger partial charge in [-0.2, -0.15) is 0 Å². The Kier molecular flexibility index (Phi) is 4.99. The Labute approximate surface area is 125 Å². The fourth-order valence-electron chi connectivity index (χ4n) is 2.08. The van der Waals surface area contributed by atoms with Crippen LogP contribution in [0.15, 0.2) is 42.7 Å². The van der Waals surface area contributed by atoms with Crippen molar-refractivity contribution < 1.29 is 0 Å². The number of nitrogens with zero attached hydrogens (tertiary/aromatic N) is 2. The van der Waals surface area contributed by atoms with Gasteiger partial charge in [-0.15, -0.1) is 0 Å². The smallest absolute Gasteiger partial charge is 0.0642 e. The van der Waals surface area contributed by atoms with Gasteiger partial charge < -0.3 is 10.6 Å². The summed E-state index contributed by atoms with van der Waals surface area (Å²) in [6.45, 7) is 2.86. The van der Waals surface area contributed by atoms with Crippen LogP contribution in [0.3, 0.4) is 0 Å². The van der Waals surface area contributed by atoms with Crippen LogP contribution in [0.1, 0.15) is 24.1 Å². The Morgan fingerprint density at radius 3 is 2.55 bits per heavy atom. The molecule has 1 aromatic carbocycles. The number of rotatable bonds is 5. The number of hydrogen-bond donors (Lipinski definition) is 1. The molecule has 106 valence electrons. The minimum atomic E-state index is 0.00340. The number of likely N-dealkylation sites (N-methyl/N-ethyl adjacent to an activating group) is 1. The highest BCUT2D eigenvalue weighted by molar-refractivity contribution is 6.33. The lowest BCUT2D eigenvalue weighted by atomic mass is 10.1. The first-order chi connectivity index (χ1) is 9.58.